The van der Waals surface area contributed by atoms with Crippen LogP contribution in [0.3, 0.4) is 0 Å². The highest BCUT2D eigenvalue weighted by atomic mass is 35.5. The number of rotatable bonds is 7. The number of hydrogen-bond donors (Lipinski definition) is 2. The van der Waals surface area contributed by atoms with Crippen molar-refractivity contribution in [1.82, 2.24) is 4.98 Å². The fraction of sp³-hybridized carbons (Fsp3) is 0.0476. The second-order valence-electron chi connectivity index (χ2n) is 6.06. The Hall–Kier alpha value is -2.52. The number of aromatic carboxylic acids is 1. The molecule has 0 aliphatic rings. The van der Waals surface area contributed by atoms with E-state index in [-0.39, 0.29) is 0 Å². The minimum absolute atomic E-state index is 0.313. The molecular weight excluding hydrogens is 460 g/mol. The van der Waals surface area contributed by atoms with Crippen molar-refractivity contribution >= 4 is 62.8 Å². The van der Waals surface area contributed by atoms with Crippen LogP contribution in [0, 0.1) is 0 Å². The molecule has 0 fully saturated rings. The van der Waals surface area contributed by atoms with Crippen molar-refractivity contribution in [3.8, 4) is 22.8 Å². The van der Waals surface area contributed by atoms with Crippen LogP contribution in [0.4, 0.5) is 10.8 Å². The Morgan fingerprint density at radius 1 is 1.13 bits per heavy atom. The van der Waals surface area contributed by atoms with Gasteiger partial charge in [0, 0.05) is 21.7 Å². The lowest BCUT2D eigenvalue weighted by molar-refractivity contribution is 0.0702. The van der Waals surface area contributed by atoms with E-state index in [1.807, 2.05) is 48.0 Å². The van der Waals surface area contributed by atoms with Gasteiger partial charge in [0.15, 0.2) is 5.13 Å². The number of hydrogen-bond acceptors (Lipinski definition) is 7. The summed E-state index contributed by atoms with van der Waals surface area (Å²) in [5, 5.41) is 15.8. The number of thiazole rings is 1. The van der Waals surface area contributed by atoms with Crippen LogP contribution in [-0.4, -0.2) is 22.3 Å². The van der Waals surface area contributed by atoms with Gasteiger partial charge in [-0.1, -0.05) is 11.6 Å². The lowest BCUT2D eigenvalue weighted by Gasteiger charge is -2.07. The maximum absolute atomic E-state index is 11.3. The van der Waals surface area contributed by atoms with Crippen molar-refractivity contribution in [3.05, 3.63) is 69.9 Å². The number of nitrogens with zero attached hydrogens (tertiary/aromatic N) is 1. The molecule has 0 amide bonds. The Kier molecular flexibility index (Phi) is 6.29. The number of aromatic nitrogens is 1. The smallest absolute Gasteiger partial charge is 0.345 e. The lowest BCUT2D eigenvalue weighted by Crippen LogP contribution is -1.91. The summed E-state index contributed by atoms with van der Waals surface area (Å²) in [4.78, 5) is 16.2. The Balaban J connectivity index is 1.46. The van der Waals surface area contributed by atoms with Crippen LogP contribution in [0.15, 0.2) is 64.2 Å². The van der Waals surface area contributed by atoms with Crippen LogP contribution in [0.1, 0.15) is 9.67 Å². The van der Waals surface area contributed by atoms with Gasteiger partial charge in [-0.15, -0.1) is 34.4 Å². The van der Waals surface area contributed by atoms with Gasteiger partial charge in [-0.05, 0) is 60.9 Å². The minimum Gasteiger partial charge on any atom is -0.477 e. The number of carboxylic acid groups (broad SMARTS) is 1. The van der Waals surface area contributed by atoms with E-state index in [4.69, 9.17) is 16.3 Å². The molecule has 4 rings (SSSR count). The first-order valence-electron chi connectivity index (χ1n) is 8.69. The summed E-state index contributed by atoms with van der Waals surface area (Å²) in [5.41, 5.74) is 2.49. The number of nitrogens with one attached hydrogen (secondary N) is 1. The average molecular weight is 475 g/mol. The van der Waals surface area contributed by atoms with Crippen LogP contribution >= 0.6 is 46.0 Å². The van der Waals surface area contributed by atoms with Gasteiger partial charge < -0.3 is 15.2 Å². The van der Waals surface area contributed by atoms with E-state index < -0.39 is 5.97 Å². The molecule has 4 aromatic rings. The zero-order chi connectivity index (χ0) is 21.1. The van der Waals surface area contributed by atoms with Crippen LogP contribution in [-0.2, 0) is 0 Å². The number of halogens is 1. The molecule has 9 heteroatoms. The third-order valence-corrected chi connectivity index (χ3v) is 7.30. The highest BCUT2D eigenvalue weighted by Crippen LogP contribution is 2.39. The summed E-state index contributed by atoms with van der Waals surface area (Å²) in [7, 11) is 0. The molecule has 0 atom stereocenters. The van der Waals surface area contributed by atoms with Crippen molar-refractivity contribution in [2.75, 3.05) is 11.6 Å². The molecule has 0 saturated heterocycles. The van der Waals surface area contributed by atoms with Crippen molar-refractivity contribution in [2.24, 2.45) is 0 Å². The molecule has 0 aliphatic heterocycles. The quantitative estimate of drug-likeness (QED) is 0.270. The fourth-order valence-corrected chi connectivity index (χ4v) is 5.21. The second kappa shape index (κ2) is 9.09. The number of thiophene rings is 1. The molecule has 0 saturated carbocycles. The second-order valence-corrected chi connectivity index (χ2v) is 9.49. The van der Waals surface area contributed by atoms with E-state index in [1.165, 1.54) is 34.4 Å². The first-order valence-corrected chi connectivity index (χ1v) is 12.0. The Bertz CT molecular complexity index is 1170. The highest BCUT2D eigenvalue weighted by molar-refractivity contribution is 8.00. The van der Waals surface area contributed by atoms with Gasteiger partial charge >= 0.3 is 5.97 Å². The molecule has 2 heterocycles. The van der Waals surface area contributed by atoms with Gasteiger partial charge in [-0.25, -0.2) is 9.78 Å². The molecule has 30 heavy (non-hydrogen) atoms. The van der Waals surface area contributed by atoms with Gasteiger partial charge in [0.25, 0.3) is 0 Å². The van der Waals surface area contributed by atoms with Crippen molar-refractivity contribution in [1.29, 1.82) is 0 Å². The van der Waals surface area contributed by atoms with Gasteiger partial charge in [0.05, 0.1) is 9.90 Å². The van der Waals surface area contributed by atoms with Gasteiger partial charge in [-0.2, -0.15) is 0 Å². The number of carbonyl (C=O) groups is 1. The third kappa shape index (κ3) is 4.79. The van der Waals surface area contributed by atoms with Crippen LogP contribution < -0.4 is 10.1 Å². The molecule has 2 aromatic carbocycles. The number of carboxylic acids is 1. The summed E-state index contributed by atoms with van der Waals surface area (Å²) in [6.45, 7) is 0. The fourth-order valence-electron chi connectivity index (χ4n) is 2.63. The molecular formula is C21H15ClN2O3S3. The molecule has 2 aromatic heterocycles. The molecule has 0 aliphatic carbocycles. The minimum atomic E-state index is -0.920. The summed E-state index contributed by atoms with van der Waals surface area (Å²) >= 11 is 10.1. The highest BCUT2D eigenvalue weighted by Gasteiger charge is 2.17. The number of thioether (sulfide) groups is 1. The van der Waals surface area contributed by atoms with Crippen molar-refractivity contribution < 1.29 is 14.6 Å². The first-order chi connectivity index (χ1) is 14.5. The van der Waals surface area contributed by atoms with E-state index in [2.05, 4.69) is 10.3 Å². The van der Waals surface area contributed by atoms with E-state index in [0.29, 0.717) is 21.4 Å². The van der Waals surface area contributed by atoms with Crippen molar-refractivity contribution in [2.45, 2.75) is 4.21 Å². The Morgan fingerprint density at radius 2 is 1.80 bits per heavy atom. The Labute approximate surface area is 190 Å². The maximum Gasteiger partial charge on any atom is 0.345 e. The summed E-state index contributed by atoms with van der Waals surface area (Å²) in [6, 6.07) is 16.4. The zero-order valence-electron chi connectivity index (χ0n) is 15.6. The number of ether oxygens (including phenoxy) is 1. The Morgan fingerprint density at radius 3 is 2.43 bits per heavy atom. The van der Waals surface area contributed by atoms with E-state index >= 15 is 0 Å². The van der Waals surface area contributed by atoms with E-state index in [1.54, 1.807) is 18.2 Å². The predicted molar refractivity (Wildman–Crippen MR) is 125 cm³/mol. The van der Waals surface area contributed by atoms with Gasteiger partial charge in [0.2, 0.25) is 0 Å². The topological polar surface area (TPSA) is 71.5 Å². The molecule has 5 nitrogen and oxygen atoms in total. The monoisotopic (exact) mass is 474 g/mol. The molecule has 0 bridgehead atoms. The van der Waals surface area contributed by atoms with Gasteiger partial charge in [-0.3, -0.25) is 0 Å². The van der Waals surface area contributed by atoms with Crippen LogP contribution in [0.5, 0.6) is 11.5 Å². The summed E-state index contributed by atoms with van der Waals surface area (Å²) < 4.78 is 6.74. The average Bonchev–Trinajstić information content (AvgIpc) is 3.38. The maximum atomic E-state index is 11.3. The van der Waals surface area contributed by atoms with Gasteiger partial charge in [0.1, 0.15) is 16.4 Å². The molecule has 2 N–H and O–H groups in total. The predicted octanol–water partition coefficient (Wildman–Crippen LogP) is 7.48. The largest absolute Gasteiger partial charge is 0.477 e. The standard InChI is InChI=1S/C21H15ClN2O3S3/c1-28-20-16(10-18(30-20)19(25)26)17-11-29-21(24-17)23-13-4-8-15(9-5-13)27-14-6-2-12(22)3-7-14/h2-11H,1H3,(H,23,24)(H,25,26). The van der Waals surface area contributed by atoms with Crippen LogP contribution in [0.2, 0.25) is 5.02 Å². The first kappa shape index (κ1) is 20.7. The normalized spacial score (nSPS) is 10.7. The number of anilines is 2. The SMILES string of the molecule is CSc1sc(C(=O)O)cc1-c1csc(Nc2ccc(Oc3ccc(Cl)cc3)cc2)n1. The summed E-state index contributed by atoms with van der Waals surface area (Å²) in [6.07, 6.45) is 1.93. The lowest BCUT2D eigenvalue weighted by atomic mass is 10.2. The van der Waals surface area contributed by atoms with Crippen LogP contribution in [0.25, 0.3) is 11.3 Å². The molecule has 152 valence electrons. The molecule has 0 radical (unpaired) electrons. The third-order valence-electron chi connectivity index (χ3n) is 4.03. The molecule has 0 spiro atoms. The summed E-state index contributed by atoms with van der Waals surface area (Å²) in [5.74, 6) is 0.508. The van der Waals surface area contributed by atoms with Crippen molar-refractivity contribution in [3.63, 3.8) is 0 Å². The molecule has 0 unspecified atom stereocenters. The van der Waals surface area contributed by atoms with E-state index in [0.717, 1.165) is 26.3 Å². The zero-order valence-corrected chi connectivity index (χ0v) is 18.8. The van der Waals surface area contributed by atoms with E-state index in [9.17, 15) is 9.90 Å². The number of benzene rings is 2.